The summed E-state index contributed by atoms with van der Waals surface area (Å²) in [6.07, 6.45) is 6.60. The second-order valence-electron chi connectivity index (χ2n) is 12.1. The van der Waals surface area contributed by atoms with Gasteiger partial charge in [0.15, 0.2) is 11.4 Å². The molecule has 4 atom stereocenters. The van der Waals surface area contributed by atoms with Gasteiger partial charge in [-0.1, -0.05) is 6.42 Å². The van der Waals surface area contributed by atoms with Crippen LogP contribution < -0.4 is 5.73 Å². The van der Waals surface area contributed by atoms with Crippen molar-refractivity contribution in [3.63, 3.8) is 0 Å². The molecule has 1 amide bonds. The Bertz CT molecular complexity index is 1550. The molecule has 2 fully saturated rings. The number of furan rings is 1. The molecule has 1 aliphatic heterocycles. The maximum absolute atomic E-state index is 14.2. The predicted octanol–water partition coefficient (Wildman–Crippen LogP) is 2.21. The molecule has 3 aliphatic carbocycles. The van der Waals surface area contributed by atoms with Gasteiger partial charge in [0.2, 0.25) is 5.78 Å². The average molecular weight is 578 g/mol. The SMILES string of the molecule is CN(C)[C@@H]1C(=O)C(C(N)=O)=C(O)[C@@]2(O)C(=O)C3=C(O)c4c(O)c(CN5CCCCC5)cc(-c5ccoc5)c4C[C@H]3C[C@@H]12. The molecule has 0 radical (unpaired) electrons. The fourth-order valence-corrected chi connectivity index (χ4v) is 7.52. The van der Waals surface area contributed by atoms with Crippen molar-refractivity contribution < 1.29 is 39.2 Å². The third kappa shape index (κ3) is 4.02. The first kappa shape index (κ1) is 28.2. The molecule has 0 bridgehead atoms. The van der Waals surface area contributed by atoms with Crippen LogP contribution in [0.3, 0.4) is 0 Å². The summed E-state index contributed by atoms with van der Waals surface area (Å²) in [5.74, 6) is -6.58. The van der Waals surface area contributed by atoms with Crippen LogP contribution in [-0.4, -0.2) is 86.5 Å². The molecule has 6 N–H and O–H groups in total. The van der Waals surface area contributed by atoms with Crippen LogP contribution in [0.15, 0.2) is 46.0 Å². The number of carbonyl (C=O) groups is 3. The highest BCUT2D eigenvalue weighted by Gasteiger charge is 2.64. The number of carbonyl (C=O) groups excluding carboxylic acids is 3. The number of aliphatic hydroxyl groups excluding tert-OH is 2. The number of nitrogens with zero attached hydrogens (tertiary/aromatic N) is 2. The number of hydrogen-bond donors (Lipinski definition) is 5. The summed E-state index contributed by atoms with van der Waals surface area (Å²) in [6.45, 7) is 2.19. The number of primary amides is 1. The van der Waals surface area contributed by atoms with Crippen molar-refractivity contribution in [2.45, 2.75) is 50.3 Å². The highest BCUT2D eigenvalue weighted by molar-refractivity contribution is 6.24. The molecule has 0 spiro atoms. The molecule has 1 aromatic heterocycles. The van der Waals surface area contributed by atoms with Gasteiger partial charge in [-0.15, -0.1) is 0 Å². The zero-order valence-electron chi connectivity index (χ0n) is 23.6. The average Bonchev–Trinajstić information content (AvgIpc) is 3.47. The third-order valence-electron chi connectivity index (χ3n) is 9.47. The number of benzene rings is 1. The standard InChI is InChI=1S/C31H35N3O8/c1-33(2)24-20-12-16-10-19-18(15-6-9-42-14-15)11-17(13-34-7-4-3-5-8-34)25(35)22(19)26(36)21(16)28(38)31(20,41)29(39)23(27(24)37)30(32)40/h6,9,11,14,16,20,24,35-36,39,41H,3-5,7-8,10,12-13H2,1-2H3,(H2,32,40)/t16-,20-,24-,31-/m0/s1. The van der Waals surface area contributed by atoms with Gasteiger partial charge >= 0.3 is 0 Å². The predicted molar refractivity (Wildman–Crippen MR) is 151 cm³/mol. The molecule has 6 rings (SSSR count). The number of fused-ring (bicyclic) bond motifs is 3. The van der Waals surface area contributed by atoms with E-state index in [9.17, 15) is 34.8 Å². The van der Waals surface area contributed by atoms with E-state index in [1.54, 1.807) is 26.4 Å². The van der Waals surface area contributed by atoms with Gasteiger partial charge in [0.1, 0.15) is 22.8 Å². The summed E-state index contributed by atoms with van der Waals surface area (Å²) in [5, 5.41) is 46.2. The molecule has 2 aromatic rings. The summed E-state index contributed by atoms with van der Waals surface area (Å²) in [7, 11) is 3.15. The highest BCUT2D eigenvalue weighted by atomic mass is 16.3. The normalized spacial score (nSPS) is 28.1. The van der Waals surface area contributed by atoms with E-state index in [-0.39, 0.29) is 29.7 Å². The first-order valence-corrected chi connectivity index (χ1v) is 14.2. The molecule has 11 nitrogen and oxygen atoms in total. The van der Waals surface area contributed by atoms with Gasteiger partial charge < -0.3 is 30.6 Å². The van der Waals surface area contributed by atoms with Crippen LogP contribution >= 0.6 is 0 Å². The number of phenols is 1. The van der Waals surface area contributed by atoms with Crippen LogP contribution in [0, 0.1) is 11.8 Å². The lowest BCUT2D eigenvalue weighted by molar-refractivity contribution is -0.153. The minimum absolute atomic E-state index is 0.0346. The fourth-order valence-electron chi connectivity index (χ4n) is 7.52. The smallest absolute Gasteiger partial charge is 0.255 e. The van der Waals surface area contributed by atoms with Crippen molar-refractivity contribution in [1.82, 2.24) is 9.80 Å². The van der Waals surface area contributed by atoms with E-state index >= 15 is 0 Å². The summed E-state index contributed by atoms with van der Waals surface area (Å²) in [6, 6.07) is 2.55. The number of Topliss-reactive ketones (excluding diaryl/α,β-unsaturated/α-hetero) is 2. The van der Waals surface area contributed by atoms with E-state index in [1.807, 2.05) is 6.07 Å². The molecular weight excluding hydrogens is 542 g/mol. The van der Waals surface area contributed by atoms with E-state index in [2.05, 4.69) is 4.90 Å². The van der Waals surface area contributed by atoms with Crippen molar-refractivity contribution >= 4 is 23.2 Å². The first-order chi connectivity index (χ1) is 20.0. The Morgan fingerprint density at radius 1 is 1.17 bits per heavy atom. The molecular formula is C31H35N3O8. The summed E-state index contributed by atoms with van der Waals surface area (Å²) < 4.78 is 5.36. The molecule has 0 unspecified atom stereocenters. The number of rotatable bonds is 5. The molecule has 222 valence electrons. The number of amides is 1. The number of likely N-dealkylation sites (N-methyl/N-ethyl adjacent to an activating group) is 1. The lowest BCUT2D eigenvalue weighted by Crippen LogP contribution is -2.65. The Balaban J connectivity index is 1.55. The summed E-state index contributed by atoms with van der Waals surface area (Å²) >= 11 is 0. The third-order valence-corrected chi connectivity index (χ3v) is 9.47. The second-order valence-corrected chi connectivity index (χ2v) is 12.1. The summed E-state index contributed by atoms with van der Waals surface area (Å²) in [4.78, 5) is 43.4. The zero-order valence-corrected chi connectivity index (χ0v) is 23.6. The molecule has 11 heteroatoms. The summed E-state index contributed by atoms with van der Waals surface area (Å²) in [5.41, 5.74) is 4.52. The Morgan fingerprint density at radius 3 is 2.50 bits per heavy atom. The fraction of sp³-hybridized carbons (Fsp3) is 0.452. The van der Waals surface area contributed by atoms with E-state index in [4.69, 9.17) is 10.2 Å². The van der Waals surface area contributed by atoms with E-state index in [1.165, 1.54) is 11.2 Å². The van der Waals surface area contributed by atoms with Gasteiger partial charge in [0.05, 0.1) is 24.1 Å². The number of likely N-dealkylation sites (tertiary alicyclic amines) is 1. The number of aromatic hydroxyl groups is 1. The van der Waals surface area contributed by atoms with Crippen LogP contribution in [0.2, 0.25) is 0 Å². The van der Waals surface area contributed by atoms with Crippen molar-refractivity contribution in [3.8, 4) is 16.9 Å². The van der Waals surface area contributed by atoms with Crippen molar-refractivity contribution in [2.24, 2.45) is 17.6 Å². The molecule has 1 saturated carbocycles. The molecule has 4 aliphatic rings. The Labute approximate surface area is 242 Å². The zero-order chi connectivity index (χ0) is 30.1. The van der Waals surface area contributed by atoms with Crippen LogP contribution in [-0.2, 0) is 27.3 Å². The largest absolute Gasteiger partial charge is 0.508 e. The van der Waals surface area contributed by atoms with Gasteiger partial charge in [-0.05, 0) is 82.0 Å². The number of hydrogen-bond acceptors (Lipinski definition) is 10. The number of aliphatic hydroxyl groups is 3. The van der Waals surface area contributed by atoms with E-state index < -0.39 is 58.0 Å². The van der Waals surface area contributed by atoms with Gasteiger partial charge in [-0.2, -0.15) is 0 Å². The van der Waals surface area contributed by atoms with Crippen molar-refractivity contribution in [3.05, 3.63) is 58.3 Å². The minimum Gasteiger partial charge on any atom is -0.508 e. The number of ketones is 2. The Morgan fingerprint density at radius 2 is 1.88 bits per heavy atom. The molecule has 42 heavy (non-hydrogen) atoms. The van der Waals surface area contributed by atoms with E-state index in [0.29, 0.717) is 17.7 Å². The number of piperidine rings is 1. The van der Waals surface area contributed by atoms with Crippen molar-refractivity contribution in [2.75, 3.05) is 27.2 Å². The topological polar surface area (TPSA) is 178 Å². The minimum atomic E-state index is -2.67. The maximum Gasteiger partial charge on any atom is 0.255 e. The lowest BCUT2D eigenvalue weighted by Gasteiger charge is -2.50. The quantitative estimate of drug-likeness (QED) is 0.331. The maximum atomic E-state index is 14.2. The van der Waals surface area contributed by atoms with Gasteiger partial charge in [-0.3, -0.25) is 24.2 Å². The van der Waals surface area contributed by atoms with Crippen LogP contribution in [0.25, 0.3) is 16.9 Å². The van der Waals surface area contributed by atoms with Gasteiger partial charge in [0.25, 0.3) is 5.91 Å². The monoisotopic (exact) mass is 577 g/mol. The lowest BCUT2D eigenvalue weighted by atomic mass is 9.57. The second kappa shape index (κ2) is 10.1. The van der Waals surface area contributed by atoms with Crippen molar-refractivity contribution in [1.29, 1.82) is 0 Å². The van der Waals surface area contributed by atoms with Gasteiger partial charge in [0, 0.05) is 29.2 Å². The molecule has 1 saturated heterocycles. The first-order valence-electron chi connectivity index (χ1n) is 14.2. The Kier molecular flexibility index (Phi) is 6.79. The Hall–Kier alpha value is -3.93. The van der Waals surface area contributed by atoms with E-state index in [0.717, 1.165) is 43.5 Å². The number of nitrogens with two attached hydrogens (primary N) is 1. The molecule has 1 aromatic carbocycles. The van der Waals surface area contributed by atoms with Gasteiger partial charge in [-0.25, -0.2) is 0 Å². The molecule has 2 heterocycles. The highest BCUT2D eigenvalue weighted by Crippen LogP contribution is 2.54. The van der Waals surface area contributed by atoms with Crippen LogP contribution in [0.1, 0.15) is 42.4 Å². The number of phenolic OH excluding ortho intramolecular Hbond substituents is 1. The van der Waals surface area contributed by atoms with Crippen LogP contribution in [0.4, 0.5) is 0 Å². The van der Waals surface area contributed by atoms with Crippen LogP contribution in [0.5, 0.6) is 5.75 Å².